The van der Waals surface area contributed by atoms with Gasteiger partial charge >= 0.3 is 0 Å². The standard InChI is InChI=1S/C25H32ClN5O3/c1-2-30-15-16-34-24-19(25(30)33)7-5-9-21(24)28-17-23(32)31(14-13-29-11-3-4-12-29)18-22-20(26)8-6-10-27-22/h5-10,28H,2-4,11-18H2,1H3. The first-order chi connectivity index (χ1) is 16.6. The van der Waals surface area contributed by atoms with Crippen LogP contribution in [0.25, 0.3) is 0 Å². The van der Waals surface area contributed by atoms with Crippen LogP contribution in [0.2, 0.25) is 5.02 Å². The summed E-state index contributed by atoms with van der Waals surface area (Å²) in [7, 11) is 0. The third-order valence-electron chi connectivity index (χ3n) is 6.36. The lowest BCUT2D eigenvalue weighted by Crippen LogP contribution is -2.40. The summed E-state index contributed by atoms with van der Waals surface area (Å²) in [5.41, 5.74) is 1.84. The second kappa shape index (κ2) is 11.5. The molecule has 0 bridgehead atoms. The Morgan fingerprint density at radius 1 is 1.21 bits per heavy atom. The lowest BCUT2D eigenvalue weighted by molar-refractivity contribution is -0.130. The predicted molar refractivity (Wildman–Crippen MR) is 132 cm³/mol. The molecule has 1 aromatic heterocycles. The first-order valence-electron chi connectivity index (χ1n) is 11.9. The number of hydrogen-bond donors (Lipinski definition) is 1. The van der Waals surface area contributed by atoms with Gasteiger partial charge in [0.15, 0.2) is 5.75 Å². The fourth-order valence-electron chi connectivity index (χ4n) is 4.39. The molecule has 0 atom stereocenters. The van der Waals surface area contributed by atoms with E-state index in [2.05, 4.69) is 15.2 Å². The number of rotatable bonds is 9. The maximum absolute atomic E-state index is 13.3. The molecule has 4 rings (SSSR count). The van der Waals surface area contributed by atoms with Crippen molar-refractivity contribution in [2.24, 2.45) is 0 Å². The molecule has 182 valence electrons. The molecule has 1 aromatic carbocycles. The molecule has 9 heteroatoms. The van der Waals surface area contributed by atoms with Gasteiger partial charge in [-0.25, -0.2) is 0 Å². The minimum absolute atomic E-state index is 0.0537. The van der Waals surface area contributed by atoms with Gasteiger partial charge < -0.3 is 24.8 Å². The Morgan fingerprint density at radius 3 is 2.79 bits per heavy atom. The molecule has 1 fully saturated rings. The van der Waals surface area contributed by atoms with E-state index in [-0.39, 0.29) is 18.4 Å². The number of halogens is 1. The van der Waals surface area contributed by atoms with E-state index in [9.17, 15) is 9.59 Å². The highest BCUT2D eigenvalue weighted by molar-refractivity contribution is 6.31. The van der Waals surface area contributed by atoms with Gasteiger partial charge in [0.05, 0.1) is 41.6 Å². The fourth-order valence-corrected chi connectivity index (χ4v) is 4.57. The molecule has 0 aliphatic carbocycles. The van der Waals surface area contributed by atoms with Crippen molar-refractivity contribution >= 4 is 29.1 Å². The van der Waals surface area contributed by atoms with Crippen molar-refractivity contribution in [2.45, 2.75) is 26.3 Å². The molecule has 2 amide bonds. The number of ether oxygens (including phenoxy) is 1. The van der Waals surface area contributed by atoms with Crippen LogP contribution >= 0.6 is 11.6 Å². The number of fused-ring (bicyclic) bond motifs is 1. The smallest absolute Gasteiger partial charge is 0.257 e. The molecule has 34 heavy (non-hydrogen) atoms. The first-order valence-corrected chi connectivity index (χ1v) is 12.3. The lowest BCUT2D eigenvalue weighted by Gasteiger charge is -2.26. The number of aromatic nitrogens is 1. The summed E-state index contributed by atoms with van der Waals surface area (Å²) in [6.45, 7) is 7.52. The van der Waals surface area contributed by atoms with Gasteiger partial charge in [-0.15, -0.1) is 0 Å². The van der Waals surface area contributed by atoms with E-state index in [1.54, 1.807) is 34.2 Å². The molecule has 2 aliphatic heterocycles. The van der Waals surface area contributed by atoms with Crippen LogP contribution in [0.5, 0.6) is 5.75 Å². The molecule has 1 saturated heterocycles. The topological polar surface area (TPSA) is 78.0 Å². The van der Waals surface area contributed by atoms with Gasteiger partial charge in [0.25, 0.3) is 5.91 Å². The van der Waals surface area contributed by atoms with Gasteiger partial charge in [-0.3, -0.25) is 14.6 Å². The molecule has 0 spiro atoms. The maximum Gasteiger partial charge on any atom is 0.257 e. The molecular formula is C25H32ClN5O3. The number of nitrogens with one attached hydrogen (secondary N) is 1. The number of carbonyl (C=O) groups is 2. The van der Waals surface area contributed by atoms with Crippen molar-refractivity contribution in [1.29, 1.82) is 0 Å². The van der Waals surface area contributed by atoms with Gasteiger partial charge in [-0.2, -0.15) is 0 Å². The predicted octanol–water partition coefficient (Wildman–Crippen LogP) is 3.13. The molecular weight excluding hydrogens is 454 g/mol. The number of para-hydroxylation sites is 1. The Hall–Kier alpha value is -2.84. The molecule has 2 aliphatic rings. The summed E-state index contributed by atoms with van der Waals surface area (Å²) in [4.78, 5) is 36.4. The zero-order chi connectivity index (χ0) is 23.9. The molecule has 8 nitrogen and oxygen atoms in total. The van der Waals surface area contributed by atoms with Crippen LogP contribution in [0.1, 0.15) is 35.8 Å². The van der Waals surface area contributed by atoms with Crippen LogP contribution in [0, 0.1) is 0 Å². The van der Waals surface area contributed by atoms with Crippen molar-refractivity contribution in [1.82, 2.24) is 19.7 Å². The van der Waals surface area contributed by atoms with Crippen molar-refractivity contribution in [3.63, 3.8) is 0 Å². The third-order valence-corrected chi connectivity index (χ3v) is 6.71. The van der Waals surface area contributed by atoms with Crippen molar-refractivity contribution in [2.75, 3.05) is 57.7 Å². The van der Waals surface area contributed by atoms with Crippen LogP contribution in [0.3, 0.4) is 0 Å². The molecule has 2 aromatic rings. The Morgan fingerprint density at radius 2 is 2.03 bits per heavy atom. The second-order valence-electron chi connectivity index (χ2n) is 8.57. The number of likely N-dealkylation sites (tertiary alicyclic amines) is 1. The zero-order valence-electron chi connectivity index (χ0n) is 19.6. The van der Waals surface area contributed by atoms with Gasteiger partial charge in [-0.05, 0) is 57.1 Å². The van der Waals surface area contributed by atoms with E-state index < -0.39 is 0 Å². The number of carbonyl (C=O) groups excluding carboxylic acids is 2. The summed E-state index contributed by atoms with van der Waals surface area (Å²) in [6.07, 6.45) is 4.10. The molecule has 1 N–H and O–H groups in total. The Labute approximate surface area is 205 Å². The highest BCUT2D eigenvalue weighted by Crippen LogP contribution is 2.31. The number of pyridine rings is 1. The third kappa shape index (κ3) is 5.80. The minimum Gasteiger partial charge on any atom is -0.489 e. The van der Waals surface area contributed by atoms with Crippen molar-refractivity contribution in [3.05, 3.63) is 52.8 Å². The van der Waals surface area contributed by atoms with Crippen LogP contribution in [0.15, 0.2) is 36.5 Å². The van der Waals surface area contributed by atoms with Crippen molar-refractivity contribution in [3.8, 4) is 5.75 Å². The van der Waals surface area contributed by atoms with Gasteiger partial charge in [0.2, 0.25) is 5.91 Å². The largest absolute Gasteiger partial charge is 0.489 e. The Kier molecular flexibility index (Phi) is 8.24. The van der Waals surface area contributed by atoms with Gasteiger partial charge in [0.1, 0.15) is 6.61 Å². The summed E-state index contributed by atoms with van der Waals surface area (Å²) >= 11 is 6.33. The monoisotopic (exact) mass is 485 g/mol. The van der Waals surface area contributed by atoms with Crippen LogP contribution in [-0.4, -0.2) is 83.9 Å². The van der Waals surface area contributed by atoms with Crippen LogP contribution < -0.4 is 10.1 Å². The normalized spacial score (nSPS) is 16.1. The highest BCUT2D eigenvalue weighted by atomic mass is 35.5. The highest BCUT2D eigenvalue weighted by Gasteiger charge is 2.25. The SMILES string of the molecule is CCN1CCOc2c(NCC(=O)N(CCN3CCCC3)Cc3ncccc3Cl)cccc2C1=O. The van der Waals surface area contributed by atoms with Crippen LogP contribution in [-0.2, 0) is 11.3 Å². The summed E-state index contributed by atoms with van der Waals surface area (Å²) in [6, 6.07) is 8.99. The average molecular weight is 486 g/mol. The van der Waals surface area contributed by atoms with Gasteiger partial charge in [-0.1, -0.05) is 17.7 Å². The van der Waals surface area contributed by atoms with E-state index in [0.717, 1.165) is 19.6 Å². The molecule has 0 radical (unpaired) electrons. The fraction of sp³-hybridized carbons (Fsp3) is 0.480. The van der Waals surface area contributed by atoms with E-state index in [1.165, 1.54) is 12.8 Å². The minimum atomic E-state index is -0.0614. The summed E-state index contributed by atoms with van der Waals surface area (Å²) < 4.78 is 5.92. The van der Waals surface area contributed by atoms with E-state index in [1.807, 2.05) is 19.1 Å². The number of anilines is 1. The van der Waals surface area contributed by atoms with Crippen LogP contribution in [0.4, 0.5) is 5.69 Å². The zero-order valence-corrected chi connectivity index (χ0v) is 20.4. The second-order valence-corrected chi connectivity index (χ2v) is 8.97. The molecule has 0 saturated carbocycles. The number of benzene rings is 1. The number of hydrogen-bond acceptors (Lipinski definition) is 6. The molecule has 0 unspecified atom stereocenters. The number of nitrogens with zero attached hydrogens (tertiary/aromatic N) is 4. The molecule has 3 heterocycles. The number of amides is 2. The average Bonchev–Trinajstić information content (AvgIpc) is 3.31. The van der Waals surface area contributed by atoms with Crippen molar-refractivity contribution < 1.29 is 14.3 Å². The first kappa shape index (κ1) is 24.3. The van der Waals surface area contributed by atoms with Gasteiger partial charge in [0, 0.05) is 25.8 Å². The maximum atomic E-state index is 13.3. The Balaban J connectivity index is 1.46. The van der Waals surface area contributed by atoms with E-state index in [4.69, 9.17) is 16.3 Å². The number of likely N-dealkylation sites (N-methyl/N-ethyl adjacent to an activating group) is 1. The van der Waals surface area contributed by atoms with E-state index in [0.29, 0.717) is 60.5 Å². The summed E-state index contributed by atoms with van der Waals surface area (Å²) in [5, 5.41) is 3.76. The summed E-state index contributed by atoms with van der Waals surface area (Å²) in [5.74, 6) is 0.392. The van der Waals surface area contributed by atoms with E-state index >= 15 is 0 Å². The quantitative estimate of drug-likeness (QED) is 0.588. The Bertz CT molecular complexity index is 1010. The lowest BCUT2D eigenvalue weighted by atomic mass is 10.1.